The standard InChI is InChI=1S/C10H9ClN2/c1-6-5-8(11)10-7(9(6)12)3-2-4-13-10/h2-5H,12H2,1H3. The fourth-order valence-corrected chi connectivity index (χ4v) is 1.68. The number of nitrogens with zero attached hydrogens (tertiary/aromatic N) is 1. The van der Waals surface area contributed by atoms with Crippen LogP contribution in [0.4, 0.5) is 5.69 Å². The minimum atomic E-state index is 0.655. The van der Waals surface area contributed by atoms with Gasteiger partial charge in [-0.25, -0.2) is 0 Å². The maximum absolute atomic E-state index is 6.02. The van der Waals surface area contributed by atoms with E-state index < -0.39 is 0 Å². The van der Waals surface area contributed by atoms with E-state index in [1.54, 1.807) is 6.20 Å². The van der Waals surface area contributed by atoms with Gasteiger partial charge in [-0.1, -0.05) is 11.6 Å². The number of hydrogen-bond donors (Lipinski definition) is 1. The number of halogens is 1. The summed E-state index contributed by atoms with van der Waals surface area (Å²) < 4.78 is 0. The molecule has 0 unspecified atom stereocenters. The highest BCUT2D eigenvalue weighted by Crippen LogP contribution is 2.29. The highest BCUT2D eigenvalue weighted by Gasteiger charge is 2.05. The Morgan fingerprint density at radius 1 is 1.46 bits per heavy atom. The van der Waals surface area contributed by atoms with Crippen molar-refractivity contribution < 1.29 is 0 Å². The third kappa shape index (κ3) is 1.23. The molecule has 0 saturated heterocycles. The molecule has 0 spiro atoms. The van der Waals surface area contributed by atoms with Gasteiger partial charge < -0.3 is 5.73 Å². The Balaban J connectivity index is 2.97. The highest BCUT2D eigenvalue weighted by atomic mass is 35.5. The summed E-state index contributed by atoms with van der Waals surface area (Å²) >= 11 is 6.02. The monoisotopic (exact) mass is 192 g/mol. The fourth-order valence-electron chi connectivity index (χ4n) is 1.36. The van der Waals surface area contributed by atoms with Crippen LogP contribution in [0.25, 0.3) is 10.9 Å². The van der Waals surface area contributed by atoms with E-state index in [0.29, 0.717) is 5.02 Å². The number of aryl methyl sites for hydroxylation is 1. The van der Waals surface area contributed by atoms with Crippen molar-refractivity contribution in [3.05, 3.63) is 35.0 Å². The number of rotatable bonds is 0. The SMILES string of the molecule is Cc1cc(Cl)c2ncccc2c1N. The van der Waals surface area contributed by atoms with Crippen LogP contribution in [0.15, 0.2) is 24.4 Å². The molecular weight excluding hydrogens is 184 g/mol. The molecule has 3 heteroatoms. The van der Waals surface area contributed by atoms with Crippen molar-refractivity contribution in [2.24, 2.45) is 0 Å². The molecule has 0 fully saturated rings. The molecule has 2 rings (SSSR count). The first-order valence-electron chi connectivity index (χ1n) is 3.99. The number of anilines is 1. The molecule has 0 aliphatic rings. The number of fused-ring (bicyclic) bond motifs is 1. The molecule has 2 N–H and O–H groups in total. The number of aromatic nitrogens is 1. The summed E-state index contributed by atoms with van der Waals surface area (Å²) in [4.78, 5) is 4.17. The quantitative estimate of drug-likeness (QED) is 0.652. The first-order valence-corrected chi connectivity index (χ1v) is 4.37. The molecular formula is C10H9ClN2. The molecule has 0 aliphatic carbocycles. The largest absolute Gasteiger partial charge is 0.398 e. The van der Waals surface area contributed by atoms with Gasteiger partial charge in [0, 0.05) is 17.3 Å². The van der Waals surface area contributed by atoms with Gasteiger partial charge in [0.25, 0.3) is 0 Å². The van der Waals surface area contributed by atoms with Gasteiger partial charge in [0.2, 0.25) is 0 Å². The first-order chi connectivity index (χ1) is 6.20. The van der Waals surface area contributed by atoms with E-state index in [4.69, 9.17) is 17.3 Å². The van der Waals surface area contributed by atoms with Crippen molar-refractivity contribution in [1.82, 2.24) is 4.98 Å². The normalized spacial score (nSPS) is 10.6. The predicted molar refractivity (Wildman–Crippen MR) is 55.9 cm³/mol. The van der Waals surface area contributed by atoms with Crippen LogP contribution in [-0.2, 0) is 0 Å². The van der Waals surface area contributed by atoms with Crippen molar-refractivity contribution in [2.45, 2.75) is 6.92 Å². The lowest BCUT2D eigenvalue weighted by atomic mass is 10.1. The van der Waals surface area contributed by atoms with Crippen LogP contribution in [0, 0.1) is 6.92 Å². The maximum Gasteiger partial charge on any atom is 0.0908 e. The Morgan fingerprint density at radius 3 is 3.00 bits per heavy atom. The Morgan fingerprint density at radius 2 is 2.23 bits per heavy atom. The summed E-state index contributed by atoms with van der Waals surface area (Å²) in [6, 6.07) is 5.62. The van der Waals surface area contributed by atoms with Crippen molar-refractivity contribution in [3.8, 4) is 0 Å². The topological polar surface area (TPSA) is 38.9 Å². The second kappa shape index (κ2) is 2.89. The minimum Gasteiger partial charge on any atom is -0.398 e. The van der Waals surface area contributed by atoms with Crippen LogP contribution in [0.5, 0.6) is 0 Å². The molecule has 1 heterocycles. The summed E-state index contributed by atoms with van der Waals surface area (Å²) in [5.74, 6) is 0. The zero-order valence-corrected chi connectivity index (χ0v) is 7.97. The summed E-state index contributed by atoms with van der Waals surface area (Å²) in [5, 5.41) is 1.58. The molecule has 0 bridgehead atoms. The van der Waals surface area contributed by atoms with Crippen LogP contribution in [0.2, 0.25) is 5.02 Å². The molecule has 0 aliphatic heterocycles. The summed E-state index contributed by atoms with van der Waals surface area (Å²) in [7, 11) is 0. The molecule has 0 radical (unpaired) electrons. The predicted octanol–water partition coefficient (Wildman–Crippen LogP) is 2.78. The molecule has 2 aromatic rings. The number of pyridine rings is 1. The van der Waals surface area contributed by atoms with Gasteiger partial charge in [-0.3, -0.25) is 4.98 Å². The van der Waals surface area contributed by atoms with Gasteiger partial charge in [-0.15, -0.1) is 0 Å². The smallest absolute Gasteiger partial charge is 0.0908 e. The lowest BCUT2D eigenvalue weighted by Crippen LogP contribution is -1.92. The van der Waals surface area contributed by atoms with E-state index in [1.165, 1.54) is 0 Å². The zero-order valence-electron chi connectivity index (χ0n) is 7.21. The molecule has 66 valence electrons. The summed E-state index contributed by atoms with van der Waals surface area (Å²) in [6.07, 6.45) is 1.71. The maximum atomic E-state index is 6.02. The van der Waals surface area contributed by atoms with E-state index in [0.717, 1.165) is 22.2 Å². The third-order valence-corrected chi connectivity index (χ3v) is 2.38. The Kier molecular flexibility index (Phi) is 1.85. The Hall–Kier alpha value is -1.28. The van der Waals surface area contributed by atoms with Crippen LogP contribution < -0.4 is 5.73 Å². The van der Waals surface area contributed by atoms with E-state index >= 15 is 0 Å². The number of hydrogen-bond acceptors (Lipinski definition) is 2. The lowest BCUT2D eigenvalue weighted by molar-refractivity contribution is 1.39. The average molecular weight is 193 g/mol. The van der Waals surface area contributed by atoms with Gasteiger partial charge in [0.15, 0.2) is 0 Å². The van der Waals surface area contributed by atoms with E-state index in [9.17, 15) is 0 Å². The Bertz CT molecular complexity index is 466. The highest BCUT2D eigenvalue weighted by molar-refractivity contribution is 6.35. The summed E-state index contributed by atoms with van der Waals surface area (Å²) in [5.41, 5.74) is 8.41. The third-order valence-electron chi connectivity index (χ3n) is 2.09. The van der Waals surface area contributed by atoms with E-state index in [2.05, 4.69) is 4.98 Å². The second-order valence-corrected chi connectivity index (χ2v) is 3.40. The Labute approximate surface area is 81.3 Å². The molecule has 1 aromatic heterocycles. The molecule has 0 amide bonds. The van der Waals surface area contributed by atoms with Crippen LogP contribution in [0.3, 0.4) is 0 Å². The molecule has 1 aromatic carbocycles. The molecule has 13 heavy (non-hydrogen) atoms. The van der Waals surface area contributed by atoms with Crippen LogP contribution in [0.1, 0.15) is 5.56 Å². The van der Waals surface area contributed by atoms with Gasteiger partial charge in [0.05, 0.1) is 10.5 Å². The van der Waals surface area contributed by atoms with Crippen LogP contribution >= 0.6 is 11.6 Å². The van der Waals surface area contributed by atoms with Gasteiger partial charge in [-0.2, -0.15) is 0 Å². The van der Waals surface area contributed by atoms with Gasteiger partial charge in [0.1, 0.15) is 0 Å². The number of nitrogens with two attached hydrogens (primary N) is 1. The number of nitrogen functional groups attached to an aromatic ring is 1. The second-order valence-electron chi connectivity index (χ2n) is 2.99. The molecule has 0 atom stereocenters. The average Bonchev–Trinajstić information content (AvgIpc) is 2.15. The van der Waals surface area contributed by atoms with Crippen molar-refractivity contribution >= 4 is 28.2 Å². The van der Waals surface area contributed by atoms with E-state index in [1.807, 2.05) is 25.1 Å². The first kappa shape index (κ1) is 8.32. The van der Waals surface area contributed by atoms with Crippen molar-refractivity contribution in [2.75, 3.05) is 5.73 Å². The van der Waals surface area contributed by atoms with Crippen molar-refractivity contribution in [3.63, 3.8) is 0 Å². The van der Waals surface area contributed by atoms with Gasteiger partial charge >= 0.3 is 0 Å². The lowest BCUT2D eigenvalue weighted by Gasteiger charge is -2.05. The fraction of sp³-hybridized carbons (Fsp3) is 0.100. The zero-order chi connectivity index (χ0) is 9.42. The molecule has 2 nitrogen and oxygen atoms in total. The number of benzene rings is 1. The molecule has 0 saturated carbocycles. The van der Waals surface area contributed by atoms with Crippen LogP contribution in [-0.4, -0.2) is 4.98 Å². The van der Waals surface area contributed by atoms with Gasteiger partial charge in [-0.05, 0) is 30.7 Å². The summed E-state index contributed by atoms with van der Waals surface area (Å²) in [6.45, 7) is 1.94. The van der Waals surface area contributed by atoms with E-state index in [-0.39, 0.29) is 0 Å². The minimum absolute atomic E-state index is 0.655. The van der Waals surface area contributed by atoms with Crippen molar-refractivity contribution in [1.29, 1.82) is 0 Å².